The lowest BCUT2D eigenvalue weighted by atomic mass is 9.86. The highest BCUT2D eigenvalue weighted by Crippen LogP contribution is 2.43. The molecule has 0 unspecified atom stereocenters. The molecule has 0 spiro atoms. The second-order valence-electron chi connectivity index (χ2n) is 6.90. The molecule has 0 aromatic heterocycles. The van der Waals surface area contributed by atoms with E-state index >= 15 is 0 Å². The maximum atomic E-state index is 9.16. The maximum Gasteiger partial charge on any atom is 0.0602 e. The first-order valence-electron chi connectivity index (χ1n) is 9.36. The molecule has 0 aliphatic heterocycles. The molecule has 0 saturated carbocycles. The van der Waals surface area contributed by atoms with Crippen molar-refractivity contribution >= 4 is 27.2 Å². The van der Waals surface area contributed by atoms with Crippen molar-refractivity contribution < 1.29 is 5.21 Å². The van der Waals surface area contributed by atoms with Gasteiger partial charge in [-0.25, -0.2) is 0 Å². The van der Waals surface area contributed by atoms with Gasteiger partial charge in [0.1, 0.15) is 0 Å². The van der Waals surface area contributed by atoms with Crippen LogP contribution >= 0.6 is 0 Å². The zero-order valence-electron chi connectivity index (χ0n) is 15.3. The lowest BCUT2D eigenvalue weighted by Crippen LogP contribution is -1.91. The minimum Gasteiger partial charge on any atom is -0.291 e. The molecule has 0 fully saturated rings. The summed E-state index contributed by atoms with van der Waals surface area (Å²) in [5.41, 5.74) is 7.73. The van der Waals surface area contributed by atoms with E-state index in [9.17, 15) is 0 Å². The van der Waals surface area contributed by atoms with Gasteiger partial charge in [0.2, 0.25) is 0 Å². The smallest absolute Gasteiger partial charge is 0.0602 e. The third-order valence-electron chi connectivity index (χ3n) is 5.30. The van der Waals surface area contributed by atoms with Gasteiger partial charge >= 0.3 is 0 Å². The van der Waals surface area contributed by atoms with E-state index in [0.717, 1.165) is 5.56 Å². The van der Waals surface area contributed by atoms with E-state index in [4.69, 9.17) is 5.21 Å². The van der Waals surface area contributed by atoms with Crippen LogP contribution in [-0.4, -0.2) is 5.21 Å². The third-order valence-corrected chi connectivity index (χ3v) is 5.30. The molecule has 0 aliphatic rings. The molecule has 0 bridgehead atoms. The minimum atomic E-state index is 0.679. The molecule has 5 rings (SSSR count). The highest BCUT2D eigenvalue weighted by Gasteiger charge is 2.15. The van der Waals surface area contributed by atoms with Crippen molar-refractivity contribution in [2.45, 2.75) is 0 Å². The van der Waals surface area contributed by atoms with E-state index in [1.54, 1.807) is 0 Å². The Labute approximate surface area is 163 Å². The van der Waals surface area contributed by atoms with Crippen molar-refractivity contribution in [3.8, 4) is 22.3 Å². The van der Waals surface area contributed by atoms with Crippen molar-refractivity contribution in [2.75, 3.05) is 5.48 Å². The van der Waals surface area contributed by atoms with Gasteiger partial charge in [0, 0.05) is 0 Å². The fourth-order valence-electron chi connectivity index (χ4n) is 4.07. The summed E-state index contributed by atoms with van der Waals surface area (Å²) in [6.45, 7) is 0. The van der Waals surface area contributed by atoms with Crippen LogP contribution in [0.25, 0.3) is 43.8 Å². The summed E-state index contributed by atoms with van der Waals surface area (Å²) >= 11 is 0. The molecular formula is C26H19NO. The fourth-order valence-corrected chi connectivity index (χ4v) is 4.07. The second-order valence-corrected chi connectivity index (χ2v) is 6.90. The first-order valence-corrected chi connectivity index (χ1v) is 9.36. The third kappa shape index (κ3) is 2.63. The van der Waals surface area contributed by atoms with Gasteiger partial charge in [-0.15, -0.1) is 0 Å². The lowest BCUT2D eigenvalue weighted by Gasteiger charge is -2.17. The highest BCUT2D eigenvalue weighted by molar-refractivity contribution is 6.21. The average Bonchev–Trinajstić information content (AvgIpc) is 2.78. The van der Waals surface area contributed by atoms with E-state index in [0.29, 0.717) is 5.69 Å². The summed E-state index contributed by atoms with van der Waals surface area (Å²) in [5, 5.41) is 14.1. The van der Waals surface area contributed by atoms with E-state index in [-0.39, 0.29) is 0 Å². The fraction of sp³-hybridized carbons (Fsp3) is 0. The zero-order chi connectivity index (χ0) is 18.9. The summed E-state index contributed by atoms with van der Waals surface area (Å²) in [7, 11) is 0. The molecule has 5 aromatic carbocycles. The molecule has 0 radical (unpaired) electrons. The Morgan fingerprint density at radius 2 is 0.821 bits per heavy atom. The van der Waals surface area contributed by atoms with E-state index in [1.807, 2.05) is 12.1 Å². The predicted molar refractivity (Wildman–Crippen MR) is 118 cm³/mol. The number of hydrogen-bond donors (Lipinski definition) is 2. The number of hydrogen-bond acceptors (Lipinski definition) is 2. The van der Waals surface area contributed by atoms with Gasteiger partial charge in [0.25, 0.3) is 0 Å². The number of anilines is 1. The van der Waals surface area contributed by atoms with Crippen LogP contribution in [-0.2, 0) is 0 Å². The minimum absolute atomic E-state index is 0.679. The molecule has 28 heavy (non-hydrogen) atoms. The van der Waals surface area contributed by atoms with Crippen LogP contribution in [0.15, 0.2) is 103 Å². The van der Waals surface area contributed by atoms with E-state index in [1.165, 1.54) is 38.2 Å². The average molecular weight is 361 g/mol. The van der Waals surface area contributed by atoms with Gasteiger partial charge in [0.05, 0.1) is 5.69 Å². The molecule has 2 N–H and O–H groups in total. The van der Waals surface area contributed by atoms with Gasteiger partial charge in [-0.2, -0.15) is 0 Å². The maximum absolute atomic E-state index is 9.16. The Bertz CT molecular complexity index is 1220. The molecule has 0 heterocycles. The lowest BCUT2D eigenvalue weighted by molar-refractivity contribution is 0.389. The van der Waals surface area contributed by atoms with Gasteiger partial charge in [0.15, 0.2) is 0 Å². The summed E-state index contributed by atoms with van der Waals surface area (Å²) in [6.07, 6.45) is 0. The predicted octanol–water partition coefficient (Wildman–Crippen LogP) is 7.13. The molecule has 5 aromatic rings. The van der Waals surface area contributed by atoms with Gasteiger partial charge in [-0.05, 0) is 55.9 Å². The summed E-state index contributed by atoms with van der Waals surface area (Å²) < 4.78 is 0. The zero-order valence-corrected chi connectivity index (χ0v) is 15.3. The molecule has 0 atom stereocenters. The van der Waals surface area contributed by atoms with Crippen LogP contribution in [0.5, 0.6) is 0 Å². The Morgan fingerprint density at radius 3 is 1.25 bits per heavy atom. The van der Waals surface area contributed by atoms with Crippen molar-refractivity contribution in [1.29, 1.82) is 0 Å². The van der Waals surface area contributed by atoms with Gasteiger partial charge < -0.3 is 0 Å². The molecule has 2 nitrogen and oxygen atoms in total. The van der Waals surface area contributed by atoms with Crippen LogP contribution in [0, 0.1) is 0 Å². The SMILES string of the molecule is ONc1ccc(-c2c3ccccc3c(-c3ccccc3)c3ccccc23)cc1. The molecule has 0 aliphatic carbocycles. The summed E-state index contributed by atoms with van der Waals surface area (Å²) in [4.78, 5) is 0. The molecular weight excluding hydrogens is 342 g/mol. The molecule has 0 saturated heterocycles. The van der Waals surface area contributed by atoms with Gasteiger partial charge in [-0.3, -0.25) is 10.7 Å². The Balaban J connectivity index is 1.94. The van der Waals surface area contributed by atoms with Crippen molar-refractivity contribution in [1.82, 2.24) is 0 Å². The van der Waals surface area contributed by atoms with Crippen LogP contribution in [0.2, 0.25) is 0 Å². The quantitative estimate of drug-likeness (QED) is 0.265. The number of fused-ring (bicyclic) bond motifs is 2. The topological polar surface area (TPSA) is 32.3 Å². The number of nitrogens with one attached hydrogen (secondary N) is 1. The molecule has 0 amide bonds. The van der Waals surface area contributed by atoms with Crippen molar-refractivity contribution in [3.63, 3.8) is 0 Å². The normalized spacial score (nSPS) is 11.0. The first kappa shape index (κ1) is 16.5. The number of benzene rings is 5. The summed E-state index contributed by atoms with van der Waals surface area (Å²) in [5.74, 6) is 0. The summed E-state index contributed by atoms with van der Waals surface area (Å²) in [6, 6.07) is 35.7. The van der Waals surface area contributed by atoms with Gasteiger partial charge in [-0.1, -0.05) is 91.0 Å². The van der Waals surface area contributed by atoms with Crippen LogP contribution < -0.4 is 5.48 Å². The largest absolute Gasteiger partial charge is 0.291 e. The Morgan fingerprint density at radius 1 is 0.429 bits per heavy atom. The van der Waals surface area contributed by atoms with Crippen molar-refractivity contribution in [3.05, 3.63) is 103 Å². The van der Waals surface area contributed by atoms with E-state index in [2.05, 4.69) is 96.5 Å². The molecule has 2 heteroatoms. The number of rotatable bonds is 3. The monoisotopic (exact) mass is 361 g/mol. The Kier molecular flexibility index (Phi) is 4.04. The van der Waals surface area contributed by atoms with E-state index < -0.39 is 0 Å². The standard InChI is InChI=1S/C26H19NO/c28-27-20-16-14-19(15-17-20)26-23-12-6-4-10-21(23)25(18-8-2-1-3-9-18)22-11-5-7-13-24(22)26/h1-17,27-28H. The first-order chi connectivity index (χ1) is 13.9. The Hall–Kier alpha value is -3.62. The van der Waals surface area contributed by atoms with Crippen molar-refractivity contribution in [2.24, 2.45) is 0 Å². The van der Waals surface area contributed by atoms with Crippen LogP contribution in [0.3, 0.4) is 0 Å². The van der Waals surface area contributed by atoms with Crippen LogP contribution in [0.1, 0.15) is 0 Å². The van der Waals surface area contributed by atoms with Crippen LogP contribution in [0.4, 0.5) is 5.69 Å². The highest BCUT2D eigenvalue weighted by atomic mass is 16.5. The molecule has 134 valence electrons. The second kappa shape index (κ2) is 6.84.